The van der Waals surface area contributed by atoms with Gasteiger partial charge in [0.25, 0.3) is 0 Å². The number of benzene rings is 1. The largest absolute Gasteiger partial charge is 0.396 e. The number of aliphatic hydroxyl groups is 1. The molecule has 0 radical (unpaired) electrons. The summed E-state index contributed by atoms with van der Waals surface area (Å²) in [5.41, 5.74) is 3.01. The van der Waals surface area contributed by atoms with E-state index in [-0.39, 0.29) is 12.0 Å². The van der Waals surface area contributed by atoms with Crippen LogP contribution < -0.4 is 5.32 Å². The van der Waals surface area contributed by atoms with E-state index in [4.69, 9.17) is 4.74 Å². The maximum absolute atomic E-state index is 9.51. The number of aliphatic hydroxyl groups excluding tert-OH is 1. The molecule has 3 nitrogen and oxygen atoms in total. The summed E-state index contributed by atoms with van der Waals surface area (Å²) in [6, 6.07) is 8.85. The molecule has 0 aromatic heterocycles. The van der Waals surface area contributed by atoms with Crippen LogP contribution in [-0.4, -0.2) is 31.5 Å². The molecule has 2 N–H and O–H groups in total. The van der Waals surface area contributed by atoms with Crippen molar-refractivity contribution in [2.24, 2.45) is 10.8 Å². The fourth-order valence-electron chi connectivity index (χ4n) is 3.81. The lowest BCUT2D eigenvalue weighted by molar-refractivity contribution is -0.128. The Kier molecular flexibility index (Phi) is 4.47. The Labute approximate surface area is 134 Å². The Bertz CT molecular complexity index is 502. The minimum atomic E-state index is -0.0805. The van der Waals surface area contributed by atoms with Gasteiger partial charge in [-0.1, -0.05) is 32.4 Å². The summed E-state index contributed by atoms with van der Waals surface area (Å²) >= 11 is 0. The van der Waals surface area contributed by atoms with Crippen molar-refractivity contribution >= 4 is 5.69 Å². The molecule has 1 aromatic rings. The predicted molar refractivity (Wildman–Crippen MR) is 90.3 cm³/mol. The quantitative estimate of drug-likeness (QED) is 0.869. The average molecular weight is 303 g/mol. The Balaban J connectivity index is 1.65. The average Bonchev–Trinajstić information content (AvgIpc) is 2.46. The molecule has 1 atom stereocenters. The van der Waals surface area contributed by atoms with E-state index in [1.54, 1.807) is 0 Å². The van der Waals surface area contributed by atoms with Gasteiger partial charge in [-0.2, -0.15) is 0 Å². The first-order valence-corrected chi connectivity index (χ1v) is 8.54. The molecule has 1 heterocycles. The molecule has 1 saturated carbocycles. The van der Waals surface area contributed by atoms with E-state index in [0.29, 0.717) is 24.5 Å². The first-order valence-electron chi connectivity index (χ1n) is 8.54. The summed E-state index contributed by atoms with van der Waals surface area (Å²) in [5, 5.41) is 13.0. The normalized spacial score (nSPS) is 26.2. The summed E-state index contributed by atoms with van der Waals surface area (Å²) in [4.78, 5) is 0. The van der Waals surface area contributed by atoms with Gasteiger partial charge in [-0.25, -0.2) is 0 Å². The zero-order chi connectivity index (χ0) is 15.6. The van der Waals surface area contributed by atoms with Gasteiger partial charge < -0.3 is 15.2 Å². The highest BCUT2D eigenvalue weighted by molar-refractivity contribution is 5.47. The van der Waals surface area contributed by atoms with E-state index in [1.165, 1.54) is 36.9 Å². The van der Waals surface area contributed by atoms with Crippen molar-refractivity contribution < 1.29 is 9.84 Å². The highest BCUT2D eigenvalue weighted by Crippen LogP contribution is 2.43. The van der Waals surface area contributed by atoms with Gasteiger partial charge in [0.2, 0.25) is 0 Å². The van der Waals surface area contributed by atoms with Crippen LogP contribution in [-0.2, 0) is 4.74 Å². The minimum Gasteiger partial charge on any atom is -0.396 e. The van der Waals surface area contributed by atoms with Gasteiger partial charge in [-0.3, -0.25) is 0 Å². The Morgan fingerprint density at radius 3 is 2.77 bits per heavy atom. The van der Waals surface area contributed by atoms with Gasteiger partial charge in [0, 0.05) is 12.2 Å². The van der Waals surface area contributed by atoms with Crippen molar-refractivity contribution in [2.45, 2.75) is 45.4 Å². The Hall–Kier alpha value is -1.06. The van der Waals surface area contributed by atoms with Gasteiger partial charge in [0.15, 0.2) is 0 Å². The van der Waals surface area contributed by atoms with E-state index in [0.717, 1.165) is 6.54 Å². The van der Waals surface area contributed by atoms with Gasteiger partial charge in [0.05, 0.1) is 25.2 Å². The molecule has 1 aliphatic heterocycles. The van der Waals surface area contributed by atoms with Crippen LogP contribution >= 0.6 is 0 Å². The van der Waals surface area contributed by atoms with E-state index in [9.17, 15) is 5.11 Å². The van der Waals surface area contributed by atoms with E-state index < -0.39 is 0 Å². The highest BCUT2D eigenvalue weighted by Gasteiger charge is 2.37. The Morgan fingerprint density at radius 1 is 1.32 bits per heavy atom. The van der Waals surface area contributed by atoms with Crippen LogP contribution in [0.5, 0.6) is 0 Å². The molecule has 1 aliphatic carbocycles. The summed E-state index contributed by atoms with van der Waals surface area (Å²) in [5.74, 6) is 0.685. The number of hydrogen-bond acceptors (Lipinski definition) is 3. The van der Waals surface area contributed by atoms with Crippen molar-refractivity contribution in [1.82, 2.24) is 0 Å². The molecular weight excluding hydrogens is 274 g/mol. The monoisotopic (exact) mass is 303 g/mol. The second kappa shape index (κ2) is 6.21. The Morgan fingerprint density at radius 2 is 2.14 bits per heavy atom. The molecule has 1 unspecified atom stereocenters. The smallest absolute Gasteiger partial charge is 0.0584 e. The molecule has 3 heteroatoms. The number of ether oxygens (including phenoxy) is 1. The van der Waals surface area contributed by atoms with Crippen molar-refractivity contribution in [3.8, 4) is 0 Å². The summed E-state index contributed by atoms with van der Waals surface area (Å²) in [6.07, 6.45) is 5.27. The second-order valence-corrected chi connectivity index (χ2v) is 8.09. The maximum Gasteiger partial charge on any atom is 0.0584 e. The van der Waals surface area contributed by atoms with Crippen LogP contribution in [0.25, 0.3) is 0 Å². The molecule has 1 saturated heterocycles. The van der Waals surface area contributed by atoms with E-state index in [2.05, 4.69) is 43.4 Å². The fraction of sp³-hybridized carbons (Fsp3) is 0.684. The van der Waals surface area contributed by atoms with Crippen molar-refractivity contribution in [2.75, 3.05) is 31.7 Å². The lowest BCUT2D eigenvalue weighted by atomic mass is 9.70. The lowest BCUT2D eigenvalue weighted by Crippen LogP contribution is -2.50. The molecule has 2 fully saturated rings. The summed E-state index contributed by atoms with van der Waals surface area (Å²) in [6.45, 7) is 7.07. The third-order valence-corrected chi connectivity index (χ3v) is 5.38. The molecule has 3 rings (SSSR count). The molecule has 0 bridgehead atoms. The third kappa shape index (κ3) is 3.47. The van der Waals surface area contributed by atoms with Crippen molar-refractivity contribution in [1.29, 1.82) is 0 Å². The zero-order valence-corrected chi connectivity index (χ0v) is 13.9. The summed E-state index contributed by atoms with van der Waals surface area (Å²) < 4.78 is 5.26. The maximum atomic E-state index is 9.51. The van der Waals surface area contributed by atoms with Gasteiger partial charge >= 0.3 is 0 Å². The number of nitrogens with one attached hydrogen (secondary N) is 1. The molecule has 0 spiro atoms. The SMILES string of the molecule is CC1(C)CCCC(c2cccc(NCC3(CO)COC3)c2)C1. The number of rotatable bonds is 5. The fourth-order valence-corrected chi connectivity index (χ4v) is 3.81. The lowest BCUT2D eigenvalue weighted by Gasteiger charge is -2.40. The summed E-state index contributed by atoms with van der Waals surface area (Å²) in [7, 11) is 0. The molecule has 22 heavy (non-hydrogen) atoms. The molecule has 2 aliphatic rings. The van der Waals surface area contributed by atoms with Crippen LogP contribution in [0.3, 0.4) is 0 Å². The van der Waals surface area contributed by atoms with Gasteiger partial charge in [-0.05, 0) is 48.3 Å². The minimum absolute atomic E-state index is 0.0805. The number of hydrogen-bond donors (Lipinski definition) is 2. The zero-order valence-electron chi connectivity index (χ0n) is 13.9. The highest BCUT2D eigenvalue weighted by atomic mass is 16.5. The topological polar surface area (TPSA) is 41.5 Å². The van der Waals surface area contributed by atoms with Crippen molar-refractivity contribution in [3.05, 3.63) is 29.8 Å². The van der Waals surface area contributed by atoms with Crippen LogP contribution in [0.1, 0.15) is 51.0 Å². The predicted octanol–water partition coefficient (Wildman–Crippen LogP) is 3.79. The van der Waals surface area contributed by atoms with Crippen LogP contribution in [0, 0.1) is 10.8 Å². The molecule has 1 aromatic carbocycles. The first-order chi connectivity index (χ1) is 10.5. The van der Waals surface area contributed by atoms with E-state index >= 15 is 0 Å². The molecular formula is C19H29NO2. The second-order valence-electron chi connectivity index (χ2n) is 8.09. The van der Waals surface area contributed by atoms with Crippen LogP contribution in [0.2, 0.25) is 0 Å². The standard InChI is InChI=1S/C19H29NO2/c1-18(2)8-4-6-16(10-18)15-5-3-7-17(9-15)20-11-19(12-21)13-22-14-19/h3,5,7,9,16,20-21H,4,6,8,10-14H2,1-2H3. The molecule has 122 valence electrons. The van der Waals surface area contributed by atoms with Crippen LogP contribution in [0.15, 0.2) is 24.3 Å². The van der Waals surface area contributed by atoms with Crippen molar-refractivity contribution in [3.63, 3.8) is 0 Å². The molecule has 0 amide bonds. The van der Waals surface area contributed by atoms with E-state index in [1.807, 2.05) is 0 Å². The first kappa shape index (κ1) is 15.8. The van der Waals surface area contributed by atoms with Gasteiger partial charge in [-0.15, -0.1) is 0 Å². The van der Waals surface area contributed by atoms with Crippen LogP contribution in [0.4, 0.5) is 5.69 Å². The van der Waals surface area contributed by atoms with Gasteiger partial charge in [0.1, 0.15) is 0 Å². The third-order valence-electron chi connectivity index (χ3n) is 5.38. The number of anilines is 1.